The molecule has 2 heterocycles. The Morgan fingerprint density at radius 3 is 2.35 bits per heavy atom. The molecule has 0 aliphatic carbocycles. The van der Waals surface area contributed by atoms with E-state index in [2.05, 4.69) is 9.47 Å². The van der Waals surface area contributed by atoms with Crippen LogP contribution in [0.3, 0.4) is 0 Å². The highest BCUT2D eigenvalue weighted by Crippen LogP contribution is 2.44. The van der Waals surface area contributed by atoms with Crippen molar-refractivity contribution in [3.05, 3.63) is 33.9 Å². The van der Waals surface area contributed by atoms with E-state index in [1.54, 1.807) is 6.92 Å². The highest BCUT2D eigenvalue weighted by atomic mass is 16.7. The number of carbonyl (C=O) groups is 3. The van der Waals surface area contributed by atoms with Gasteiger partial charge in [-0.05, 0) is 32.3 Å². The molecule has 3 N–H and O–H groups in total. The number of ether oxygens (including phenoxy) is 6. The first-order valence-corrected chi connectivity index (χ1v) is 11.6. The molecule has 3 rings (SSSR count). The van der Waals surface area contributed by atoms with Crippen LogP contribution in [0.5, 0.6) is 11.5 Å². The molecule has 12 heteroatoms. The second-order valence-corrected chi connectivity index (χ2v) is 8.76. The topological polar surface area (TPSA) is 167 Å². The summed E-state index contributed by atoms with van der Waals surface area (Å²) in [4.78, 5) is 36.3. The van der Waals surface area contributed by atoms with Crippen LogP contribution < -0.4 is 9.47 Å². The normalized spacial score (nSPS) is 25.2. The van der Waals surface area contributed by atoms with Crippen LogP contribution in [0.25, 0.3) is 0 Å². The summed E-state index contributed by atoms with van der Waals surface area (Å²) in [6.07, 6.45) is -6.01. The second kappa shape index (κ2) is 11.9. The Morgan fingerprint density at radius 1 is 1.03 bits per heavy atom. The molecule has 1 saturated heterocycles. The number of carbonyl (C=O) groups excluding carboxylic acids is 3. The molecule has 5 atom stereocenters. The van der Waals surface area contributed by atoms with Crippen LogP contribution in [0, 0.1) is 6.92 Å². The summed E-state index contributed by atoms with van der Waals surface area (Å²) in [5, 5.41) is 31.1. The average molecular weight is 525 g/mol. The van der Waals surface area contributed by atoms with Crippen molar-refractivity contribution in [2.24, 2.45) is 0 Å². The highest BCUT2D eigenvalue weighted by molar-refractivity contribution is 5.98. The van der Waals surface area contributed by atoms with Crippen molar-refractivity contribution >= 4 is 17.9 Å². The van der Waals surface area contributed by atoms with E-state index in [1.807, 2.05) is 13.0 Å². The maximum Gasteiger partial charge on any atom is 0.342 e. The number of rotatable bonds is 9. The molecule has 0 radical (unpaired) electrons. The maximum atomic E-state index is 12.7. The van der Waals surface area contributed by atoms with Crippen LogP contribution in [0.2, 0.25) is 0 Å². The third-order valence-electron chi connectivity index (χ3n) is 6.47. The van der Waals surface area contributed by atoms with Crippen LogP contribution in [0.4, 0.5) is 0 Å². The molecule has 204 valence electrons. The standard InChI is InChI=1S/C25H32O12/c1-11(7-9-15(26)32-3)6-8-13-20(33-4)12(2)14-10-35-23(30)16(14)21(13)36-25-19(29)17(27)18(28)22(37-25)24(31)34-5/h6,17-19,22,25,27-29H,7-10H2,1-5H3/t17?,18-,19?,22?,25-/m1/s1. The summed E-state index contributed by atoms with van der Waals surface area (Å²) in [5.74, 6) is -1.62. The van der Waals surface area contributed by atoms with Gasteiger partial charge in [0.05, 0.1) is 21.3 Å². The lowest BCUT2D eigenvalue weighted by Gasteiger charge is -2.39. The van der Waals surface area contributed by atoms with Gasteiger partial charge < -0.3 is 43.7 Å². The van der Waals surface area contributed by atoms with Gasteiger partial charge in [0.2, 0.25) is 6.29 Å². The molecule has 3 unspecified atom stereocenters. The molecule has 2 aliphatic rings. The Hall–Kier alpha value is -3.19. The fourth-order valence-corrected chi connectivity index (χ4v) is 4.29. The molecule has 0 amide bonds. The van der Waals surface area contributed by atoms with Crippen molar-refractivity contribution in [3.8, 4) is 11.5 Å². The second-order valence-electron chi connectivity index (χ2n) is 8.76. The Balaban J connectivity index is 2.05. The summed E-state index contributed by atoms with van der Waals surface area (Å²) in [5.41, 5.74) is 2.54. The number of hydrogen-bond acceptors (Lipinski definition) is 12. The van der Waals surface area contributed by atoms with Gasteiger partial charge in [0, 0.05) is 17.5 Å². The van der Waals surface area contributed by atoms with Crippen molar-refractivity contribution in [2.75, 3.05) is 21.3 Å². The maximum absolute atomic E-state index is 12.7. The van der Waals surface area contributed by atoms with Gasteiger partial charge in [-0.25, -0.2) is 9.59 Å². The number of esters is 3. The highest BCUT2D eigenvalue weighted by Gasteiger charge is 2.49. The largest absolute Gasteiger partial charge is 0.496 e. The van der Waals surface area contributed by atoms with Gasteiger partial charge in [0.1, 0.15) is 42.0 Å². The predicted octanol–water partition coefficient (Wildman–Crippen LogP) is 0.475. The number of aliphatic hydroxyl groups is 3. The number of hydrogen-bond donors (Lipinski definition) is 3. The zero-order chi connectivity index (χ0) is 27.4. The SMILES string of the molecule is COC(=O)CCC(C)=CCc1c(OC)c(C)c2c(c1O[C@@H]1OC(C(=O)OC)[C@H](O)C(O)C1O)C(=O)OC2. The third-order valence-corrected chi connectivity index (χ3v) is 6.47. The molecule has 0 saturated carbocycles. The van der Waals surface area contributed by atoms with Crippen LogP contribution >= 0.6 is 0 Å². The van der Waals surface area contributed by atoms with E-state index in [9.17, 15) is 29.7 Å². The van der Waals surface area contributed by atoms with E-state index in [0.29, 0.717) is 28.9 Å². The molecule has 0 spiro atoms. The summed E-state index contributed by atoms with van der Waals surface area (Å²) < 4.78 is 31.6. The molecule has 37 heavy (non-hydrogen) atoms. The van der Waals surface area contributed by atoms with Crippen molar-refractivity contribution in [2.45, 2.75) is 70.4 Å². The van der Waals surface area contributed by atoms with E-state index >= 15 is 0 Å². The fourth-order valence-electron chi connectivity index (χ4n) is 4.29. The Bertz CT molecular complexity index is 1080. The Kier molecular flexibility index (Phi) is 9.13. The molecule has 0 aromatic heterocycles. The lowest BCUT2D eigenvalue weighted by molar-refractivity contribution is -0.272. The van der Waals surface area contributed by atoms with Crippen LogP contribution in [0.15, 0.2) is 11.6 Å². The predicted molar refractivity (Wildman–Crippen MR) is 125 cm³/mol. The number of aliphatic hydroxyl groups excluding tert-OH is 3. The number of fused-ring (bicyclic) bond motifs is 1. The van der Waals surface area contributed by atoms with E-state index in [0.717, 1.165) is 12.7 Å². The zero-order valence-electron chi connectivity index (χ0n) is 21.3. The fraction of sp³-hybridized carbons (Fsp3) is 0.560. The minimum Gasteiger partial charge on any atom is -0.496 e. The third kappa shape index (κ3) is 5.72. The number of methoxy groups -OCH3 is 3. The van der Waals surface area contributed by atoms with Crippen molar-refractivity contribution in [1.29, 1.82) is 0 Å². The number of allylic oxidation sites excluding steroid dienone is 2. The summed E-state index contributed by atoms with van der Waals surface area (Å²) in [6.45, 7) is 3.57. The molecular formula is C25H32O12. The first kappa shape index (κ1) is 28.4. The summed E-state index contributed by atoms with van der Waals surface area (Å²) in [6, 6.07) is 0. The van der Waals surface area contributed by atoms with E-state index in [1.165, 1.54) is 14.2 Å². The molecule has 1 fully saturated rings. The average Bonchev–Trinajstić information content (AvgIpc) is 3.28. The van der Waals surface area contributed by atoms with Crippen molar-refractivity contribution < 1.29 is 58.1 Å². The monoisotopic (exact) mass is 524 g/mol. The quantitative estimate of drug-likeness (QED) is 0.232. The minimum atomic E-state index is -1.81. The molecule has 1 aromatic carbocycles. The lowest BCUT2D eigenvalue weighted by Crippen LogP contribution is -2.61. The van der Waals surface area contributed by atoms with E-state index in [-0.39, 0.29) is 36.7 Å². The minimum absolute atomic E-state index is 0.0202. The number of cyclic esters (lactones) is 1. The van der Waals surface area contributed by atoms with Gasteiger partial charge in [0.25, 0.3) is 0 Å². The van der Waals surface area contributed by atoms with E-state index < -0.39 is 42.6 Å². The first-order chi connectivity index (χ1) is 17.5. The number of benzene rings is 1. The van der Waals surface area contributed by atoms with Crippen LogP contribution in [-0.4, -0.2) is 85.3 Å². The van der Waals surface area contributed by atoms with Gasteiger partial charge in [-0.2, -0.15) is 0 Å². The Morgan fingerprint density at radius 2 is 1.73 bits per heavy atom. The smallest absolute Gasteiger partial charge is 0.342 e. The first-order valence-electron chi connectivity index (χ1n) is 11.6. The van der Waals surface area contributed by atoms with Crippen molar-refractivity contribution in [3.63, 3.8) is 0 Å². The van der Waals surface area contributed by atoms with Crippen LogP contribution in [-0.2, 0) is 41.6 Å². The molecule has 2 aliphatic heterocycles. The zero-order valence-corrected chi connectivity index (χ0v) is 21.3. The Labute approximate surface area is 213 Å². The van der Waals surface area contributed by atoms with Gasteiger partial charge in [-0.1, -0.05) is 11.6 Å². The van der Waals surface area contributed by atoms with Crippen LogP contribution in [0.1, 0.15) is 46.8 Å². The molecule has 0 bridgehead atoms. The summed E-state index contributed by atoms with van der Waals surface area (Å²) in [7, 11) is 3.84. The van der Waals surface area contributed by atoms with Gasteiger partial charge >= 0.3 is 17.9 Å². The molecular weight excluding hydrogens is 492 g/mol. The molecule has 12 nitrogen and oxygen atoms in total. The van der Waals surface area contributed by atoms with Crippen molar-refractivity contribution in [1.82, 2.24) is 0 Å². The van der Waals surface area contributed by atoms with E-state index in [4.69, 9.17) is 18.9 Å². The summed E-state index contributed by atoms with van der Waals surface area (Å²) >= 11 is 0. The lowest BCUT2D eigenvalue weighted by atomic mass is 9.94. The molecule has 1 aromatic rings. The van der Waals surface area contributed by atoms with Gasteiger partial charge in [-0.3, -0.25) is 4.79 Å². The van der Waals surface area contributed by atoms with Gasteiger partial charge in [0.15, 0.2) is 6.10 Å². The van der Waals surface area contributed by atoms with Gasteiger partial charge in [-0.15, -0.1) is 0 Å².